The Kier molecular flexibility index (Phi) is 5.64. The van der Waals surface area contributed by atoms with E-state index in [1.54, 1.807) is 11.0 Å². The third-order valence-electron chi connectivity index (χ3n) is 4.61. The fourth-order valence-electron chi connectivity index (χ4n) is 3.22. The van der Waals surface area contributed by atoms with Crippen LogP contribution < -0.4 is 19.9 Å². The molecule has 1 aliphatic rings. The molecular weight excluding hydrogens is 342 g/mol. The van der Waals surface area contributed by atoms with Gasteiger partial charge in [0, 0.05) is 24.5 Å². The van der Waals surface area contributed by atoms with Crippen LogP contribution in [0.1, 0.15) is 19.4 Å². The summed E-state index contributed by atoms with van der Waals surface area (Å²) in [6.07, 6.45) is 0. The molecule has 0 aliphatic carbocycles. The van der Waals surface area contributed by atoms with Crippen molar-refractivity contribution in [2.45, 2.75) is 20.8 Å². The first-order valence-electron chi connectivity index (χ1n) is 9.21. The molecule has 0 fully saturated rings. The number of hydrogen-bond acceptors (Lipinski definition) is 5. The molecule has 1 heterocycles. The molecule has 0 spiro atoms. The van der Waals surface area contributed by atoms with Gasteiger partial charge in [0.2, 0.25) is 5.91 Å². The van der Waals surface area contributed by atoms with Crippen LogP contribution in [-0.4, -0.2) is 38.1 Å². The number of nitrogens with zero attached hydrogens (tertiary/aromatic N) is 2. The zero-order valence-corrected chi connectivity index (χ0v) is 16.0. The highest BCUT2D eigenvalue weighted by atomic mass is 16.5. The van der Waals surface area contributed by atoms with E-state index in [0.29, 0.717) is 5.75 Å². The van der Waals surface area contributed by atoms with Crippen LogP contribution >= 0.6 is 0 Å². The Labute approximate surface area is 159 Å². The number of rotatable bonds is 6. The fourth-order valence-corrected chi connectivity index (χ4v) is 3.22. The Morgan fingerprint density at radius 1 is 1.15 bits per heavy atom. The van der Waals surface area contributed by atoms with E-state index >= 15 is 0 Å². The maximum atomic E-state index is 12.5. The predicted molar refractivity (Wildman–Crippen MR) is 108 cm³/mol. The number of carbonyl (C=O) groups excluding carboxylic acids is 2. The van der Waals surface area contributed by atoms with Crippen molar-refractivity contribution in [3.05, 3.63) is 48.0 Å². The quantitative estimate of drug-likeness (QED) is 0.627. The van der Waals surface area contributed by atoms with Gasteiger partial charge in [-0.2, -0.15) is 0 Å². The molecule has 0 saturated carbocycles. The van der Waals surface area contributed by atoms with E-state index in [1.807, 2.05) is 43.3 Å². The second-order valence-electron chi connectivity index (χ2n) is 6.57. The Morgan fingerprint density at radius 3 is 2.52 bits per heavy atom. The van der Waals surface area contributed by atoms with Crippen molar-refractivity contribution in [2.75, 3.05) is 41.3 Å². The van der Waals surface area contributed by atoms with Gasteiger partial charge >= 0.3 is 5.97 Å². The highest BCUT2D eigenvalue weighted by Gasteiger charge is 2.25. The van der Waals surface area contributed by atoms with Crippen molar-refractivity contribution < 1.29 is 14.3 Å². The van der Waals surface area contributed by atoms with Crippen LogP contribution in [0.4, 0.5) is 17.1 Å². The first kappa shape index (κ1) is 18.8. The molecule has 6 nitrogen and oxygen atoms in total. The van der Waals surface area contributed by atoms with Gasteiger partial charge in [0.25, 0.3) is 0 Å². The number of carbonyl (C=O) groups is 2. The maximum Gasteiger partial charge on any atom is 0.331 e. The van der Waals surface area contributed by atoms with Gasteiger partial charge in [-0.1, -0.05) is 6.07 Å². The topological polar surface area (TPSA) is 61.9 Å². The Morgan fingerprint density at radius 2 is 1.85 bits per heavy atom. The van der Waals surface area contributed by atoms with E-state index < -0.39 is 0 Å². The first-order chi connectivity index (χ1) is 13.0. The summed E-state index contributed by atoms with van der Waals surface area (Å²) in [6, 6.07) is 13.4. The molecule has 1 N–H and O–H groups in total. The molecule has 6 heteroatoms. The average molecular weight is 367 g/mol. The molecule has 1 aliphatic heterocycles. The molecule has 0 aromatic heterocycles. The van der Waals surface area contributed by atoms with Crippen LogP contribution in [0.2, 0.25) is 0 Å². The molecule has 3 rings (SSSR count). The number of ether oxygens (including phenoxy) is 1. The molecule has 2 aromatic carbocycles. The average Bonchev–Trinajstić information content (AvgIpc) is 2.64. The normalized spacial score (nSPS) is 13.0. The minimum atomic E-state index is -0.359. The summed E-state index contributed by atoms with van der Waals surface area (Å²) in [6.45, 7) is 8.21. The van der Waals surface area contributed by atoms with Gasteiger partial charge < -0.3 is 19.9 Å². The second-order valence-corrected chi connectivity index (χ2v) is 6.57. The number of nitrogens with one attached hydrogen (secondary N) is 1. The van der Waals surface area contributed by atoms with Gasteiger partial charge in [-0.05, 0) is 62.7 Å². The van der Waals surface area contributed by atoms with Crippen molar-refractivity contribution in [1.82, 2.24) is 0 Å². The van der Waals surface area contributed by atoms with Gasteiger partial charge in [-0.3, -0.25) is 4.79 Å². The van der Waals surface area contributed by atoms with Crippen molar-refractivity contribution in [3.8, 4) is 5.75 Å². The zero-order chi connectivity index (χ0) is 19.4. The van der Waals surface area contributed by atoms with Gasteiger partial charge in [-0.25, -0.2) is 4.79 Å². The highest BCUT2D eigenvalue weighted by molar-refractivity contribution is 5.96. The number of fused-ring (bicyclic) bond motifs is 1. The number of benzene rings is 2. The number of hydrogen-bond donors (Lipinski definition) is 1. The van der Waals surface area contributed by atoms with E-state index in [1.165, 1.54) is 0 Å². The SMILES string of the molecule is CCN(CC)c1ccc(NC(=O)CN2CC(=O)Oc3ccc(C)cc32)cc1. The number of anilines is 3. The summed E-state index contributed by atoms with van der Waals surface area (Å²) in [5.74, 6) is -0.0382. The van der Waals surface area contributed by atoms with Crippen molar-refractivity contribution >= 4 is 28.9 Å². The van der Waals surface area contributed by atoms with Crippen LogP contribution in [0.15, 0.2) is 42.5 Å². The largest absolute Gasteiger partial charge is 0.423 e. The van der Waals surface area contributed by atoms with E-state index in [-0.39, 0.29) is 25.0 Å². The van der Waals surface area contributed by atoms with Crippen LogP contribution in [0.3, 0.4) is 0 Å². The molecule has 0 atom stereocenters. The van der Waals surface area contributed by atoms with Gasteiger partial charge in [0.15, 0.2) is 5.75 Å². The molecule has 1 amide bonds. The van der Waals surface area contributed by atoms with E-state index in [4.69, 9.17) is 4.74 Å². The molecular formula is C21H25N3O3. The van der Waals surface area contributed by atoms with Gasteiger partial charge in [0.1, 0.15) is 6.54 Å². The number of esters is 1. The molecule has 0 unspecified atom stereocenters. The molecule has 2 aromatic rings. The maximum absolute atomic E-state index is 12.5. The predicted octanol–water partition coefficient (Wildman–Crippen LogP) is 3.21. The molecule has 0 bridgehead atoms. The highest BCUT2D eigenvalue weighted by Crippen LogP contribution is 2.32. The third kappa shape index (κ3) is 4.39. The fraction of sp³-hybridized carbons (Fsp3) is 0.333. The summed E-state index contributed by atoms with van der Waals surface area (Å²) in [7, 11) is 0. The molecule has 142 valence electrons. The van der Waals surface area contributed by atoms with Crippen LogP contribution in [-0.2, 0) is 9.59 Å². The minimum absolute atomic E-state index is 0.0603. The Balaban J connectivity index is 1.68. The first-order valence-corrected chi connectivity index (χ1v) is 9.21. The van der Waals surface area contributed by atoms with Crippen molar-refractivity contribution in [2.24, 2.45) is 0 Å². The summed E-state index contributed by atoms with van der Waals surface area (Å²) in [4.78, 5) is 28.3. The summed E-state index contributed by atoms with van der Waals surface area (Å²) >= 11 is 0. The molecule has 0 saturated heterocycles. The smallest absolute Gasteiger partial charge is 0.331 e. The van der Waals surface area contributed by atoms with Gasteiger partial charge in [0.05, 0.1) is 12.2 Å². The lowest BCUT2D eigenvalue weighted by Crippen LogP contribution is -2.41. The number of amides is 1. The molecule has 0 radical (unpaired) electrons. The monoisotopic (exact) mass is 367 g/mol. The van der Waals surface area contributed by atoms with Crippen molar-refractivity contribution in [1.29, 1.82) is 0 Å². The lowest BCUT2D eigenvalue weighted by atomic mass is 10.1. The Hall–Kier alpha value is -3.02. The summed E-state index contributed by atoms with van der Waals surface area (Å²) in [5.41, 5.74) is 3.67. The summed E-state index contributed by atoms with van der Waals surface area (Å²) < 4.78 is 5.26. The van der Waals surface area contributed by atoms with Crippen molar-refractivity contribution in [3.63, 3.8) is 0 Å². The van der Waals surface area contributed by atoms with E-state index in [2.05, 4.69) is 24.1 Å². The molecule has 27 heavy (non-hydrogen) atoms. The summed E-state index contributed by atoms with van der Waals surface area (Å²) in [5, 5.41) is 2.90. The van der Waals surface area contributed by atoms with Gasteiger partial charge in [-0.15, -0.1) is 0 Å². The lowest BCUT2D eigenvalue weighted by Gasteiger charge is -2.29. The lowest BCUT2D eigenvalue weighted by molar-refractivity contribution is -0.133. The van der Waals surface area contributed by atoms with Crippen LogP contribution in [0, 0.1) is 6.92 Å². The van der Waals surface area contributed by atoms with Crippen LogP contribution in [0.25, 0.3) is 0 Å². The number of aryl methyl sites for hydroxylation is 1. The van der Waals surface area contributed by atoms with E-state index in [0.717, 1.165) is 35.7 Å². The third-order valence-corrected chi connectivity index (χ3v) is 4.61. The standard InChI is InChI=1S/C21H25N3O3/c1-4-23(5-2)17-9-7-16(8-10-17)22-20(25)13-24-14-21(26)27-19-11-6-15(3)12-18(19)24/h6-12H,4-5,13-14H2,1-3H3,(H,22,25). The Bertz CT molecular complexity index is 829. The van der Waals surface area contributed by atoms with E-state index in [9.17, 15) is 9.59 Å². The minimum Gasteiger partial charge on any atom is -0.423 e. The second kappa shape index (κ2) is 8.12. The van der Waals surface area contributed by atoms with Crippen LogP contribution in [0.5, 0.6) is 5.75 Å². The zero-order valence-electron chi connectivity index (χ0n) is 16.0.